The Hall–Kier alpha value is -2.07. The highest BCUT2D eigenvalue weighted by Gasteiger charge is 2.11. The Morgan fingerprint density at radius 2 is 2.05 bits per heavy atom. The number of hydrogen-bond acceptors (Lipinski definition) is 3. The first kappa shape index (κ1) is 14.3. The summed E-state index contributed by atoms with van der Waals surface area (Å²) in [5.74, 6) is -0.799. The topological polar surface area (TPSA) is 38.3 Å². The van der Waals surface area contributed by atoms with Crippen LogP contribution in [0.15, 0.2) is 42.5 Å². The maximum Gasteiger partial charge on any atom is 0.339 e. The summed E-state index contributed by atoms with van der Waals surface area (Å²) in [7, 11) is 1.33. The van der Waals surface area contributed by atoms with Gasteiger partial charge in [0, 0.05) is 17.3 Å². The molecule has 0 aromatic heterocycles. The Balaban J connectivity index is 2.17. The first-order valence-electron chi connectivity index (χ1n) is 5.97. The van der Waals surface area contributed by atoms with Crippen LogP contribution in [-0.4, -0.2) is 13.1 Å². The van der Waals surface area contributed by atoms with Crippen molar-refractivity contribution in [3.05, 3.63) is 64.4 Å². The number of para-hydroxylation sites is 1. The van der Waals surface area contributed by atoms with E-state index in [0.29, 0.717) is 22.8 Å². The van der Waals surface area contributed by atoms with Crippen LogP contribution >= 0.6 is 11.6 Å². The summed E-state index contributed by atoms with van der Waals surface area (Å²) in [5.41, 5.74) is 1.82. The summed E-state index contributed by atoms with van der Waals surface area (Å²) >= 11 is 5.95. The van der Waals surface area contributed by atoms with Crippen LogP contribution in [0.25, 0.3) is 0 Å². The van der Waals surface area contributed by atoms with E-state index < -0.39 is 5.97 Å². The highest BCUT2D eigenvalue weighted by Crippen LogP contribution is 2.21. The van der Waals surface area contributed by atoms with Gasteiger partial charge in [-0.1, -0.05) is 29.8 Å². The molecule has 0 saturated carbocycles. The second-order valence-corrected chi connectivity index (χ2v) is 4.53. The molecule has 0 spiro atoms. The average molecular weight is 294 g/mol. The maximum atomic E-state index is 13.0. The number of rotatable bonds is 4. The van der Waals surface area contributed by atoms with Crippen LogP contribution < -0.4 is 5.32 Å². The molecule has 2 aromatic rings. The van der Waals surface area contributed by atoms with E-state index in [9.17, 15) is 9.18 Å². The first-order valence-corrected chi connectivity index (χ1v) is 6.34. The summed E-state index contributed by atoms with van der Waals surface area (Å²) < 4.78 is 17.7. The lowest BCUT2D eigenvalue weighted by atomic mass is 10.1. The third kappa shape index (κ3) is 3.27. The summed E-state index contributed by atoms with van der Waals surface area (Å²) in [5, 5.41) is 3.44. The smallest absolute Gasteiger partial charge is 0.339 e. The molecule has 0 amide bonds. The summed E-state index contributed by atoms with van der Waals surface area (Å²) in [6, 6.07) is 11.2. The molecule has 20 heavy (non-hydrogen) atoms. The van der Waals surface area contributed by atoms with E-state index in [-0.39, 0.29) is 5.82 Å². The normalized spacial score (nSPS) is 10.2. The molecule has 0 heterocycles. The molecule has 0 atom stereocenters. The van der Waals surface area contributed by atoms with Crippen molar-refractivity contribution in [1.82, 2.24) is 0 Å². The van der Waals surface area contributed by atoms with Crippen molar-refractivity contribution in [2.75, 3.05) is 12.4 Å². The molecule has 104 valence electrons. The van der Waals surface area contributed by atoms with Gasteiger partial charge in [-0.3, -0.25) is 0 Å². The molecule has 0 fully saturated rings. The van der Waals surface area contributed by atoms with E-state index in [0.717, 1.165) is 5.56 Å². The second kappa shape index (κ2) is 6.39. The zero-order valence-electron chi connectivity index (χ0n) is 10.8. The van der Waals surface area contributed by atoms with Gasteiger partial charge in [-0.2, -0.15) is 0 Å². The van der Waals surface area contributed by atoms with Gasteiger partial charge in [-0.15, -0.1) is 0 Å². The van der Waals surface area contributed by atoms with Crippen LogP contribution in [-0.2, 0) is 11.3 Å². The van der Waals surface area contributed by atoms with Crippen molar-refractivity contribution >= 4 is 23.3 Å². The Bertz CT molecular complexity index is 631. The molecule has 5 heteroatoms. The Morgan fingerprint density at radius 1 is 1.30 bits per heavy atom. The van der Waals surface area contributed by atoms with Gasteiger partial charge in [0.15, 0.2) is 0 Å². The van der Waals surface area contributed by atoms with Crippen LogP contribution in [0, 0.1) is 5.82 Å². The van der Waals surface area contributed by atoms with Crippen molar-refractivity contribution in [2.24, 2.45) is 0 Å². The Morgan fingerprint density at radius 3 is 2.75 bits per heavy atom. The molecule has 0 saturated heterocycles. The van der Waals surface area contributed by atoms with Crippen LogP contribution in [0.3, 0.4) is 0 Å². The van der Waals surface area contributed by atoms with Gasteiger partial charge >= 0.3 is 5.97 Å². The van der Waals surface area contributed by atoms with Crippen LogP contribution in [0.5, 0.6) is 0 Å². The van der Waals surface area contributed by atoms with E-state index in [4.69, 9.17) is 16.3 Å². The van der Waals surface area contributed by atoms with Gasteiger partial charge in [0.25, 0.3) is 0 Å². The van der Waals surface area contributed by atoms with E-state index in [1.807, 2.05) is 0 Å². The van der Waals surface area contributed by atoms with Crippen molar-refractivity contribution < 1.29 is 13.9 Å². The fourth-order valence-corrected chi connectivity index (χ4v) is 2.01. The van der Waals surface area contributed by atoms with Crippen molar-refractivity contribution in [3.63, 3.8) is 0 Å². The largest absolute Gasteiger partial charge is 0.465 e. The van der Waals surface area contributed by atoms with E-state index in [2.05, 4.69) is 5.32 Å². The third-order valence-electron chi connectivity index (χ3n) is 2.82. The number of methoxy groups -OCH3 is 1. The van der Waals surface area contributed by atoms with Gasteiger partial charge < -0.3 is 10.1 Å². The average Bonchev–Trinajstić information content (AvgIpc) is 2.46. The van der Waals surface area contributed by atoms with Gasteiger partial charge in [-0.25, -0.2) is 9.18 Å². The van der Waals surface area contributed by atoms with Crippen molar-refractivity contribution in [3.8, 4) is 0 Å². The van der Waals surface area contributed by atoms with Gasteiger partial charge in [0.05, 0.1) is 12.7 Å². The maximum absolute atomic E-state index is 13.0. The molecule has 0 aliphatic rings. The van der Waals surface area contributed by atoms with E-state index in [1.165, 1.54) is 19.2 Å². The van der Waals surface area contributed by atoms with E-state index in [1.54, 1.807) is 30.3 Å². The Kier molecular flexibility index (Phi) is 4.58. The van der Waals surface area contributed by atoms with Crippen LogP contribution in [0.1, 0.15) is 15.9 Å². The number of nitrogens with one attached hydrogen (secondary N) is 1. The lowest BCUT2D eigenvalue weighted by Gasteiger charge is -2.11. The summed E-state index contributed by atoms with van der Waals surface area (Å²) in [6.07, 6.45) is 0. The number of anilines is 1. The SMILES string of the molecule is COC(=O)c1ccccc1NCc1ccc(F)cc1Cl. The zero-order chi connectivity index (χ0) is 14.5. The lowest BCUT2D eigenvalue weighted by Crippen LogP contribution is -2.08. The minimum absolute atomic E-state index is 0.341. The molecular weight excluding hydrogens is 281 g/mol. The minimum Gasteiger partial charge on any atom is -0.465 e. The van der Waals surface area contributed by atoms with Gasteiger partial charge in [0.2, 0.25) is 0 Å². The number of carbonyl (C=O) groups is 1. The van der Waals surface area contributed by atoms with Gasteiger partial charge in [0.1, 0.15) is 5.82 Å². The van der Waals surface area contributed by atoms with Crippen LogP contribution in [0.2, 0.25) is 5.02 Å². The fraction of sp³-hybridized carbons (Fsp3) is 0.133. The standard InChI is InChI=1S/C15H13ClFNO2/c1-20-15(19)12-4-2-3-5-14(12)18-9-10-6-7-11(17)8-13(10)16/h2-8,18H,9H2,1H3. The number of benzene rings is 2. The van der Waals surface area contributed by atoms with Gasteiger partial charge in [-0.05, 0) is 29.8 Å². The fourth-order valence-electron chi connectivity index (χ4n) is 1.78. The quantitative estimate of drug-likeness (QED) is 0.870. The molecule has 0 bridgehead atoms. The number of ether oxygens (including phenoxy) is 1. The molecule has 0 radical (unpaired) electrons. The predicted molar refractivity (Wildman–Crippen MR) is 76.5 cm³/mol. The van der Waals surface area contributed by atoms with Crippen molar-refractivity contribution in [2.45, 2.75) is 6.54 Å². The number of hydrogen-bond donors (Lipinski definition) is 1. The minimum atomic E-state index is -0.418. The molecule has 2 aromatic carbocycles. The summed E-state index contributed by atoms with van der Waals surface area (Å²) in [4.78, 5) is 11.6. The van der Waals surface area contributed by atoms with Crippen LogP contribution in [0.4, 0.5) is 10.1 Å². The molecule has 0 aliphatic heterocycles. The van der Waals surface area contributed by atoms with E-state index >= 15 is 0 Å². The monoisotopic (exact) mass is 293 g/mol. The zero-order valence-corrected chi connectivity index (χ0v) is 11.6. The lowest BCUT2D eigenvalue weighted by molar-refractivity contribution is 0.0602. The number of esters is 1. The molecule has 0 aliphatic carbocycles. The molecule has 0 unspecified atom stereocenters. The third-order valence-corrected chi connectivity index (χ3v) is 3.17. The highest BCUT2D eigenvalue weighted by atomic mass is 35.5. The second-order valence-electron chi connectivity index (χ2n) is 4.13. The number of halogens is 2. The predicted octanol–water partition coefficient (Wildman–Crippen LogP) is 3.88. The molecular formula is C15H13ClFNO2. The summed E-state index contributed by atoms with van der Waals surface area (Å²) in [6.45, 7) is 0.382. The first-order chi connectivity index (χ1) is 9.61. The molecule has 1 N–H and O–H groups in total. The van der Waals surface area contributed by atoms with Crippen molar-refractivity contribution in [1.29, 1.82) is 0 Å². The highest BCUT2D eigenvalue weighted by molar-refractivity contribution is 6.31. The molecule has 2 rings (SSSR count). The Labute approximate surface area is 121 Å². The molecule has 3 nitrogen and oxygen atoms in total. The number of carbonyl (C=O) groups excluding carboxylic acids is 1.